The topological polar surface area (TPSA) is 74.0 Å². The Hall–Kier alpha value is -3.08. The smallest absolute Gasteiger partial charge is 0.257 e. The van der Waals surface area contributed by atoms with Crippen molar-refractivity contribution >= 4 is 28.4 Å². The van der Waals surface area contributed by atoms with Gasteiger partial charge in [-0.25, -0.2) is 0 Å². The number of para-hydroxylation sites is 1. The van der Waals surface area contributed by atoms with Crippen LogP contribution in [0.15, 0.2) is 42.5 Å². The van der Waals surface area contributed by atoms with Gasteiger partial charge >= 0.3 is 0 Å². The molecule has 4 rings (SSSR count). The van der Waals surface area contributed by atoms with E-state index in [0.717, 1.165) is 23.7 Å². The number of benzene rings is 2. The van der Waals surface area contributed by atoms with E-state index in [0.29, 0.717) is 22.7 Å². The Morgan fingerprint density at radius 3 is 2.59 bits per heavy atom. The number of hydrogen-bond donors (Lipinski definition) is 3. The van der Waals surface area contributed by atoms with Gasteiger partial charge in [0.1, 0.15) is 0 Å². The minimum Gasteiger partial charge on any atom is -0.358 e. The van der Waals surface area contributed by atoms with Crippen LogP contribution in [-0.4, -0.2) is 23.8 Å². The fourth-order valence-electron chi connectivity index (χ4n) is 3.85. The lowest BCUT2D eigenvalue weighted by Crippen LogP contribution is -2.18. The maximum atomic E-state index is 12.9. The van der Waals surface area contributed by atoms with Crippen molar-refractivity contribution in [2.75, 3.05) is 12.4 Å². The Bertz CT molecular complexity index is 1020. The van der Waals surface area contributed by atoms with E-state index in [4.69, 9.17) is 0 Å². The SMILES string of the molecule is CNC(=O)c1ccc(NC(=O)c2cccc3c4c([nH]c23)CCC(C)C4)cc1. The summed E-state index contributed by atoms with van der Waals surface area (Å²) >= 11 is 0. The number of carbonyl (C=O) groups excluding carboxylic acids is 2. The van der Waals surface area contributed by atoms with Gasteiger partial charge in [-0.15, -0.1) is 0 Å². The van der Waals surface area contributed by atoms with Gasteiger partial charge < -0.3 is 15.6 Å². The van der Waals surface area contributed by atoms with Crippen LogP contribution in [0.25, 0.3) is 10.9 Å². The Kier molecular flexibility index (Phi) is 4.44. The Labute approximate surface area is 158 Å². The van der Waals surface area contributed by atoms with Gasteiger partial charge in [0.2, 0.25) is 0 Å². The summed E-state index contributed by atoms with van der Waals surface area (Å²) in [6.45, 7) is 2.28. The van der Waals surface area contributed by atoms with Gasteiger partial charge in [-0.1, -0.05) is 19.1 Å². The predicted octanol–water partition coefficient (Wildman–Crippen LogP) is 3.90. The molecule has 2 amide bonds. The third-order valence-electron chi connectivity index (χ3n) is 5.35. The zero-order valence-electron chi connectivity index (χ0n) is 15.6. The number of amides is 2. The maximum absolute atomic E-state index is 12.9. The zero-order chi connectivity index (χ0) is 19.0. The molecule has 5 nitrogen and oxygen atoms in total. The van der Waals surface area contributed by atoms with Gasteiger partial charge in [-0.2, -0.15) is 0 Å². The van der Waals surface area contributed by atoms with Crippen LogP contribution in [0.1, 0.15) is 45.3 Å². The lowest BCUT2D eigenvalue weighted by atomic mass is 9.87. The molecular formula is C22H23N3O2. The van der Waals surface area contributed by atoms with Crippen molar-refractivity contribution in [3.63, 3.8) is 0 Å². The highest BCUT2D eigenvalue weighted by Crippen LogP contribution is 2.33. The molecule has 0 radical (unpaired) electrons. The number of fused-ring (bicyclic) bond motifs is 3. The minimum atomic E-state index is -0.153. The zero-order valence-corrected chi connectivity index (χ0v) is 15.6. The highest BCUT2D eigenvalue weighted by Gasteiger charge is 2.22. The number of carbonyl (C=O) groups is 2. The predicted molar refractivity (Wildman–Crippen MR) is 107 cm³/mol. The van der Waals surface area contributed by atoms with Gasteiger partial charge in [-0.3, -0.25) is 9.59 Å². The molecular weight excluding hydrogens is 338 g/mol. The summed E-state index contributed by atoms with van der Waals surface area (Å²) in [5.41, 5.74) is 5.39. The van der Waals surface area contributed by atoms with Crippen LogP contribution in [-0.2, 0) is 12.8 Å². The van der Waals surface area contributed by atoms with Crippen LogP contribution in [0.5, 0.6) is 0 Å². The molecule has 3 N–H and O–H groups in total. The molecule has 27 heavy (non-hydrogen) atoms. The summed E-state index contributed by atoms with van der Waals surface area (Å²) in [5, 5.41) is 6.67. The minimum absolute atomic E-state index is 0.149. The Morgan fingerprint density at radius 2 is 1.85 bits per heavy atom. The average Bonchev–Trinajstić information content (AvgIpc) is 3.05. The molecule has 0 saturated heterocycles. The number of aromatic nitrogens is 1. The quantitative estimate of drug-likeness (QED) is 0.662. The van der Waals surface area contributed by atoms with Crippen molar-refractivity contribution in [1.29, 1.82) is 0 Å². The summed E-state index contributed by atoms with van der Waals surface area (Å²) < 4.78 is 0. The first kappa shape index (κ1) is 17.3. The van der Waals surface area contributed by atoms with E-state index in [9.17, 15) is 9.59 Å². The number of anilines is 1. The molecule has 0 fully saturated rings. The van der Waals surface area contributed by atoms with Crippen molar-refractivity contribution in [2.24, 2.45) is 5.92 Å². The van der Waals surface area contributed by atoms with E-state index >= 15 is 0 Å². The van der Waals surface area contributed by atoms with Crippen molar-refractivity contribution in [3.05, 3.63) is 64.8 Å². The molecule has 0 spiro atoms. The molecule has 0 saturated carbocycles. The molecule has 138 valence electrons. The largest absolute Gasteiger partial charge is 0.358 e. The van der Waals surface area contributed by atoms with Crippen LogP contribution in [0.4, 0.5) is 5.69 Å². The van der Waals surface area contributed by atoms with Crippen LogP contribution in [0.3, 0.4) is 0 Å². The molecule has 1 heterocycles. The number of hydrogen-bond acceptors (Lipinski definition) is 2. The van der Waals surface area contributed by atoms with Crippen molar-refractivity contribution in [2.45, 2.75) is 26.2 Å². The van der Waals surface area contributed by atoms with E-state index in [1.54, 1.807) is 31.3 Å². The second kappa shape index (κ2) is 6.91. The van der Waals surface area contributed by atoms with Crippen LogP contribution >= 0.6 is 0 Å². The molecule has 0 aliphatic heterocycles. The number of H-pyrrole nitrogens is 1. The monoisotopic (exact) mass is 361 g/mol. The number of aromatic amines is 1. The van der Waals surface area contributed by atoms with Gasteiger partial charge in [0.25, 0.3) is 11.8 Å². The first-order valence-electron chi connectivity index (χ1n) is 9.32. The number of aryl methyl sites for hydroxylation is 1. The highest BCUT2D eigenvalue weighted by atomic mass is 16.2. The lowest BCUT2D eigenvalue weighted by Gasteiger charge is -2.17. The molecule has 1 unspecified atom stereocenters. The van der Waals surface area contributed by atoms with Crippen molar-refractivity contribution in [1.82, 2.24) is 10.3 Å². The standard InChI is InChI=1S/C22H23N3O2/c1-13-6-11-19-18(12-13)16-4-3-5-17(20(16)25-19)22(27)24-15-9-7-14(8-10-15)21(26)23-2/h3-5,7-10,13,25H,6,11-12H2,1-2H3,(H,23,26)(H,24,27). The van der Waals surface area contributed by atoms with E-state index in [-0.39, 0.29) is 11.8 Å². The summed E-state index contributed by atoms with van der Waals surface area (Å²) in [4.78, 5) is 28.0. The Balaban J connectivity index is 1.62. The normalized spacial score (nSPS) is 16.0. The van der Waals surface area contributed by atoms with E-state index in [2.05, 4.69) is 28.6 Å². The van der Waals surface area contributed by atoms with Crippen molar-refractivity contribution < 1.29 is 9.59 Å². The molecule has 1 aliphatic rings. The first-order valence-corrected chi connectivity index (χ1v) is 9.32. The summed E-state index contributed by atoms with van der Waals surface area (Å²) in [6.07, 6.45) is 3.27. The third kappa shape index (κ3) is 3.21. The third-order valence-corrected chi connectivity index (χ3v) is 5.35. The molecule has 0 bridgehead atoms. The molecule has 5 heteroatoms. The lowest BCUT2D eigenvalue weighted by molar-refractivity contribution is 0.0962. The summed E-state index contributed by atoms with van der Waals surface area (Å²) in [7, 11) is 1.59. The van der Waals surface area contributed by atoms with Crippen LogP contribution < -0.4 is 10.6 Å². The Morgan fingerprint density at radius 1 is 1.07 bits per heavy atom. The summed E-state index contributed by atoms with van der Waals surface area (Å²) in [5.74, 6) is 0.372. The molecule has 1 atom stereocenters. The number of rotatable bonds is 3. The van der Waals surface area contributed by atoms with E-state index in [1.807, 2.05) is 12.1 Å². The second-order valence-electron chi connectivity index (χ2n) is 7.27. The van der Waals surface area contributed by atoms with E-state index < -0.39 is 0 Å². The van der Waals surface area contributed by atoms with Gasteiger partial charge in [0.15, 0.2) is 0 Å². The fraction of sp³-hybridized carbons (Fsp3) is 0.273. The molecule has 3 aromatic rings. The van der Waals surface area contributed by atoms with E-state index in [1.165, 1.54) is 17.7 Å². The number of nitrogens with one attached hydrogen (secondary N) is 3. The van der Waals surface area contributed by atoms with Crippen molar-refractivity contribution in [3.8, 4) is 0 Å². The average molecular weight is 361 g/mol. The molecule has 1 aliphatic carbocycles. The first-order chi connectivity index (χ1) is 13.1. The van der Waals surface area contributed by atoms with Crippen LogP contribution in [0, 0.1) is 5.92 Å². The molecule has 1 aromatic heterocycles. The highest BCUT2D eigenvalue weighted by molar-refractivity contribution is 6.12. The summed E-state index contributed by atoms with van der Waals surface area (Å²) in [6, 6.07) is 12.8. The van der Waals surface area contributed by atoms with Crippen LogP contribution in [0.2, 0.25) is 0 Å². The van der Waals surface area contributed by atoms with Gasteiger partial charge in [-0.05, 0) is 61.1 Å². The van der Waals surface area contributed by atoms with Gasteiger partial charge in [0, 0.05) is 29.4 Å². The van der Waals surface area contributed by atoms with Gasteiger partial charge in [0.05, 0.1) is 11.1 Å². The fourth-order valence-corrected chi connectivity index (χ4v) is 3.85. The second-order valence-corrected chi connectivity index (χ2v) is 7.27. The maximum Gasteiger partial charge on any atom is 0.257 e. The molecule has 2 aromatic carbocycles.